The van der Waals surface area contributed by atoms with Crippen molar-refractivity contribution in [1.29, 1.82) is 0 Å². The molecular formula is C26H28N2O5. The molecule has 7 nitrogen and oxygen atoms in total. The highest BCUT2D eigenvalue weighted by Crippen LogP contribution is 2.25. The van der Waals surface area contributed by atoms with Crippen LogP contribution in [0.1, 0.15) is 25.3 Å². The van der Waals surface area contributed by atoms with Gasteiger partial charge in [-0.3, -0.25) is 14.6 Å². The molecule has 1 atom stereocenters. The molecule has 172 valence electrons. The fourth-order valence-corrected chi connectivity index (χ4v) is 3.55. The third kappa shape index (κ3) is 6.10. The Morgan fingerprint density at radius 3 is 2.61 bits per heavy atom. The number of nitrogens with zero attached hydrogens (tertiary/aromatic N) is 1. The Morgan fingerprint density at radius 1 is 1.21 bits per heavy atom. The molecule has 2 aromatic rings. The number of nitrogens with one attached hydrogen (secondary N) is 1. The number of carboxylic acid groups (broad SMARTS) is 1. The molecule has 0 heterocycles. The Balaban J connectivity index is 1.68. The van der Waals surface area contributed by atoms with Gasteiger partial charge in [0.05, 0.1) is 19.4 Å². The van der Waals surface area contributed by atoms with Gasteiger partial charge >= 0.3 is 5.97 Å². The van der Waals surface area contributed by atoms with Crippen molar-refractivity contribution in [2.75, 3.05) is 20.7 Å². The number of hydrogen-bond acceptors (Lipinski definition) is 5. The lowest BCUT2D eigenvalue weighted by Crippen LogP contribution is -2.31. The Kier molecular flexibility index (Phi) is 8.02. The van der Waals surface area contributed by atoms with Gasteiger partial charge in [0.2, 0.25) is 5.91 Å². The molecule has 2 aromatic carbocycles. The van der Waals surface area contributed by atoms with E-state index in [4.69, 9.17) is 14.6 Å². The van der Waals surface area contributed by atoms with Crippen molar-refractivity contribution < 1.29 is 24.2 Å². The van der Waals surface area contributed by atoms with E-state index < -0.39 is 5.97 Å². The first-order chi connectivity index (χ1) is 15.9. The number of ether oxygens (including phenoxy) is 2. The summed E-state index contributed by atoms with van der Waals surface area (Å²) in [6.07, 6.45) is 7.61. The molecule has 0 aromatic heterocycles. The Bertz CT molecular complexity index is 1160. The lowest BCUT2D eigenvalue weighted by atomic mass is 9.99. The van der Waals surface area contributed by atoms with Gasteiger partial charge in [0, 0.05) is 19.2 Å². The van der Waals surface area contributed by atoms with E-state index in [9.17, 15) is 9.59 Å². The normalized spacial score (nSPS) is 16.3. The van der Waals surface area contributed by atoms with E-state index >= 15 is 0 Å². The summed E-state index contributed by atoms with van der Waals surface area (Å²) < 4.78 is 11.4. The van der Waals surface area contributed by atoms with Crippen LogP contribution < -0.4 is 10.1 Å². The van der Waals surface area contributed by atoms with Crippen LogP contribution in [0.15, 0.2) is 77.2 Å². The standard InChI is InChI=1S/C26H28N2O5/c1-4-23(33-21-10-7-17(8-11-21)26(31)28-14-13-24(29)30)25(27-2)20-6-5-19-16-22(32-3)12-9-18(19)15-20/h4-7,9-12,15-17H,8,13-14H2,1-3H3,(H,28,31)(H,29,30)/b23-4+,27-25-. The van der Waals surface area contributed by atoms with Crippen molar-refractivity contribution in [2.24, 2.45) is 10.9 Å². The zero-order valence-corrected chi connectivity index (χ0v) is 19.0. The van der Waals surface area contributed by atoms with Gasteiger partial charge in [-0.2, -0.15) is 0 Å². The number of methoxy groups -OCH3 is 1. The topological polar surface area (TPSA) is 97.2 Å². The summed E-state index contributed by atoms with van der Waals surface area (Å²) >= 11 is 0. The van der Waals surface area contributed by atoms with Crippen LogP contribution in [0.5, 0.6) is 5.75 Å². The minimum Gasteiger partial charge on any atom is -0.497 e. The van der Waals surface area contributed by atoms with E-state index in [2.05, 4.69) is 16.4 Å². The highest BCUT2D eigenvalue weighted by Gasteiger charge is 2.19. The van der Waals surface area contributed by atoms with Gasteiger partial charge in [-0.25, -0.2) is 0 Å². The number of allylic oxidation sites excluding steroid dienone is 4. The smallest absolute Gasteiger partial charge is 0.305 e. The van der Waals surface area contributed by atoms with Crippen LogP contribution >= 0.6 is 0 Å². The lowest BCUT2D eigenvalue weighted by molar-refractivity contribution is -0.137. The summed E-state index contributed by atoms with van der Waals surface area (Å²) in [7, 11) is 3.37. The number of amides is 1. The molecular weight excluding hydrogens is 420 g/mol. The fourth-order valence-electron chi connectivity index (χ4n) is 3.55. The van der Waals surface area contributed by atoms with Crippen molar-refractivity contribution in [3.8, 4) is 5.75 Å². The van der Waals surface area contributed by atoms with Gasteiger partial charge in [-0.05, 0) is 60.5 Å². The van der Waals surface area contributed by atoms with Gasteiger partial charge in [-0.1, -0.05) is 24.3 Å². The molecule has 0 fully saturated rings. The molecule has 1 amide bonds. The average Bonchev–Trinajstić information content (AvgIpc) is 2.83. The molecule has 0 saturated heterocycles. The average molecular weight is 449 g/mol. The molecule has 0 radical (unpaired) electrons. The summed E-state index contributed by atoms with van der Waals surface area (Å²) in [4.78, 5) is 27.2. The molecule has 2 N–H and O–H groups in total. The summed E-state index contributed by atoms with van der Waals surface area (Å²) in [6.45, 7) is 2.00. The lowest BCUT2D eigenvalue weighted by Gasteiger charge is -2.18. The van der Waals surface area contributed by atoms with Gasteiger partial charge < -0.3 is 19.9 Å². The van der Waals surface area contributed by atoms with E-state index in [1.807, 2.05) is 49.4 Å². The first-order valence-corrected chi connectivity index (χ1v) is 10.7. The Hall–Kier alpha value is -3.87. The van der Waals surface area contributed by atoms with Gasteiger partial charge in [-0.15, -0.1) is 0 Å². The summed E-state index contributed by atoms with van der Waals surface area (Å²) in [5.74, 6) is 0.565. The molecule has 0 aliphatic heterocycles. The molecule has 1 aliphatic rings. The van der Waals surface area contributed by atoms with Crippen LogP contribution in [0.3, 0.4) is 0 Å². The van der Waals surface area contributed by atoms with Crippen LogP contribution in [0.4, 0.5) is 0 Å². The highest BCUT2D eigenvalue weighted by molar-refractivity contribution is 6.13. The Labute approximate surface area is 193 Å². The first kappa shape index (κ1) is 23.8. The number of aliphatic imine (C=N–C) groups is 1. The van der Waals surface area contributed by atoms with E-state index in [-0.39, 0.29) is 24.8 Å². The number of hydrogen-bond donors (Lipinski definition) is 2. The molecule has 3 rings (SSSR count). The molecule has 33 heavy (non-hydrogen) atoms. The molecule has 1 aliphatic carbocycles. The molecule has 1 unspecified atom stereocenters. The fraction of sp³-hybridized carbons (Fsp3) is 0.269. The van der Waals surface area contributed by atoms with Crippen LogP contribution in [0, 0.1) is 5.92 Å². The SMILES string of the molecule is C/C=C(OC1=CCC(C(=O)NCCC(=O)O)C=C1)\C(=N/C)c1ccc2cc(OC)ccc2c1. The minimum atomic E-state index is -0.941. The van der Waals surface area contributed by atoms with Gasteiger partial charge in [0.25, 0.3) is 0 Å². The highest BCUT2D eigenvalue weighted by atomic mass is 16.5. The van der Waals surface area contributed by atoms with E-state index in [1.54, 1.807) is 26.3 Å². The number of carbonyl (C=O) groups is 2. The number of rotatable bonds is 9. The maximum atomic E-state index is 12.2. The van der Waals surface area contributed by atoms with Crippen LogP contribution in [-0.4, -0.2) is 43.4 Å². The maximum Gasteiger partial charge on any atom is 0.305 e. The second-order valence-electron chi connectivity index (χ2n) is 7.50. The largest absolute Gasteiger partial charge is 0.497 e. The molecule has 7 heteroatoms. The number of fused-ring (bicyclic) bond motifs is 1. The van der Waals surface area contributed by atoms with E-state index in [1.165, 1.54) is 0 Å². The monoisotopic (exact) mass is 448 g/mol. The summed E-state index contributed by atoms with van der Waals surface area (Å²) in [5.41, 5.74) is 1.65. The predicted molar refractivity (Wildman–Crippen MR) is 128 cm³/mol. The summed E-state index contributed by atoms with van der Waals surface area (Å²) in [5, 5.41) is 13.5. The molecule has 0 bridgehead atoms. The Morgan fingerprint density at radius 2 is 1.97 bits per heavy atom. The van der Waals surface area contributed by atoms with Crippen molar-refractivity contribution >= 4 is 28.4 Å². The summed E-state index contributed by atoms with van der Waals surface area (Å²) in [6, 6.07) is 12.0. The third-order valence-electron chi connectivity index (χ3n) is 5.31. The van der Waals surface area contributed by atoms with Crippen molar-refractivity contribution in [3.05, 3.63) is 77.8 Å². The zero-order chi connectivity index (χ0) is 23.8. The van der Waals surface area contributed by atoms with E-state index in [0.717, 1.165) is 27.8 Å². The number of carbonyl (C=O) groups excluding carboxylic acids is 1. The van der Waals surface area contributed by atoms with Gasteiger partial charge in [0.15, 0.2) is 0 Å². The van der Waals surface area contributed by atoms with Crippen LogP contribution in [-0.2, 0) is 14.3 Å². The van der Waals surface area contributed by atoms with Crippen molar-refractivity contribution in [3.63, 3.8) is 0 Å². The van der Waals surface area contributed by atoms with Crippen molar-refractivity contribution in [2.45, 2.75) is 19.8 Å². The second kappa shape index (κ2) is 11.1. The van der Waals surface area contributed by atoms with Crippen LogP contribution in [0.2, 0.25) is 0 Å². The maximum absolute atomic E-state index is 12.2. The molecule has 0 saturated carbocycles. The number of carboxylic acids is 1. The predicted octanol–water partition coefficient (Wildman–Crippen LogP) is 4.24. The van der Waals surface area contributed by atoms with Crippen molar-refractivity contribution in [1.82, 2.24) is 5.32 Å². The quantitative estimate of drug-likeness (QED) is 0.442. The zero-order valence-electron chi connectivity index (χ0n) is 19.0. The second-order valence-corrected chi connectivity index (χ2v) is 7.50. The first-order valence-electron chi connectivity index (χ1n) is 10.7. The van der Waals surface area contributed by atoms with E-state index in [0.29, 0.717) is 17.9 Å². The third-order valence-corrected chi connectivity index (χ3v) is 5.31. The number of aliphatic carboxylic acids is 1. The minimum absolute atomic E-state index is 0.0987. The number of benzene rings is 2. The van der Waals surface area contributed by atoms with Gasteiger partial charge in [0.1, 0.15) is 23.0 Å². The van der Waals surface area contributed by atoms with Crippen LogP contribution in [0.25, 0.3) is 10.8 Å². The molecule has 0 spiro atoms.